The van der Waals surface area contributed by atoms with Gasteiger partial charge in [-0.05, 0) is 49.2 Å². The van der Waals surface area contributed by atoms with Crippen LogP contribution in [0, 0.1) is 11.8 Å². The molecule has 0 radical (unpaired) electrons. The van der Waals surface area contributed by atoms with Gasteiger partial charge in [0, 0.05) is 49.3 Å². The first-order valence-electron chi connectivity index (χ1n) is 16.9. The molecule has 4 heterocycles. The third-order valence-corrected chi connectivity index (χ3v) is 12.1. The maximum Gasteiger partial charge on any atom is 0.251 e. The van der Waals surface area contributed by atoms with E-state index < -0.39 is 28.7 Å². The first kappa shape index (κ1) is 32.2. The minimum absolute atomic E-state index is 0.0774. The Morgan fingerprint density at radius 1 is 0.854 bits per heavy atom. The van der Waals surface area contributed by atoms with Crippen molar-refractivity contribution in [3.63, 3.8) is 0 Å². The molecule has 2 fully saturated rings. The molecule has 6 atom stereocenters. The minimum Gasteiger partial charge on any atom is -0.394 e. The summed E-state index contributed by atoms with van der Waals surface area (Å²) in [4.78, 5) is 52.0. The summed E-state index contributed by atoms with van der Waals surface area (Å²) in [5.41, 5.74) is 3.60. The van der Waals surface area contributed by atoms with Crippen LogP contribution in [0.3, 0.4) is 0 Å². The number of amides is 3. The Bertz CT molecular complexity index is 1710. The molecule has 2 saturated heterocycles. The average molecular weight is 663 g/mol. The van der Waals surface area contributed by atoms with Crippen LogP contribution in [0.1, 0.15) is 31.0 Å². The van der Waals surface area contributed by atoms with Crippen LogP contribution in [0.2, 0.25) is 0 Å². The van der Waals surface area contributed by atoms with E-state index in [2.05, 4.69) is 24.8 Å². The summed E-state index contributed by atoms with van der Waals surface area (Å²) in [7, 11) is 0. The zero-order valence-electron chi connectivity index (χ0n) is 27.4. The Labute approximate surface area is 286 Å². The molecule has 0 aliphatic carbocycles. The highest BCUT2D eigenvalue weighted by Crippen LogP contribution is 2.62. The molecule has 0 aromatic heterocycles. The Morgan fingerprint density at radius 3 is 2.21 bits per heavy atom. The SMILES string of the molecule is CCN(CC)c1ccc(N2CC=C[C@]34S[C@H]5C=CCN(Cc6ccccc6)C(=O)[C@H]5[C@H]3C(=O)N([C@H](CO)c3ccccc3)C4C2=O)cc1. The van der Waals surface area contributed by atoms with Gasteiger partial charge in [-0.1, -0.05) is 85.0 Å². The van der Waals surface area contributed by atoms with Crippen molar-refractivity contribution in [2.24, 2.45) is 11.8 Å². The number of aliphatic hydroxyl groups is 1. The number of carbonyl (C=O) groups is 3. The van der Waals surface area contributed by atoms with Gasteiger partial charge in [-0.15, -0.1) is 11.8 Å². The summed E-state index contributed by atoms with van der Waals surface area (Å²) in [6, 6.07) is 25.6. The predicted molar refractivity (Wildman–Crippen MR) is 190 cm³/mol. The molecule has 0 saturated carbocycles. The minimum atomic E-state index is -0.989. The molecule has 3 aromatic rings. The van der Waals surface area contributed by atoms with Gasteiger partial charge in [0.1, 0.15) is 6.04 Å². The monoisotopic (exact) mass is 662 g/mol. The second-order valence-corrected chi connectivity index (χ2v) is 14.4. The lowest BCUT2D eigenvalue weighted by Crippen LogP contribution is -2.54. The lowest BCUT2D eigenvalue weighted by atomic mass is 9.78. The van der Waals surface area contributed by atoms with E-state index in [-0.39, 0.29) is 29.6 Å². The van der Waals surface area contributed by atoms with Crippen LogP contribution in [0.25, 0.3) is 0 Å². The Morgan fingerprint density at radius 2 is 1.54 bits per heavy atom. The van der Waals surface area contributed by atoms with Gasteiger partial charge in [0.2, 0.25) is 11.8 Å². The Hall–Kier alpha value is -4.34. The molecule has 7 rings (SSSR count). The van der Waals surface area contributed by atoms with Crippen molar-refractivity contribution in [2.75, 3.05) is 42.6 Å². The van der Waals surface area contributed by atoms with Gasteiger partial charge in [0.25, 0.3) is 5.91 Å². The van der Waals surface area contributed by atoms with Gasteiger partial charge in [-0.25, -0.2) is 0 Å². The fraction of sp³-hybridized carbons (Fsp3) is 0.359. The van der Waals surface area contributed by atoms with E-state index in [9.17, 15) is 14.7 Å². The summed E-state index contributed by atoms with van der Waals surface area (Å²) >= 11 is 1.56. The lowest BCUT2D eigenvalue weighted by molar-refractivity contribution is -0.145. The summed E-state index contributed by atoms with van der Waals surface area (Å²) in [5.74, 6) is -1.96. The van der Waals surface area contributed by atoms with Crippen LogP contribution in [-0.2, 0) is 20.9 Å². The molecule has 248 valence electrons. The summed E-state index contributed by atoms with van der Waals surface area (Å²) in [6.45, 7) is 6.87. The number of hydrogen-bond acceptors (Lipinski definition) is 6. The molecular weight excluding hydrogens is 621 g/mol. The molecule has 9 heteroatoms. The van der Waals surface area contributed by atoms with Gasteiger partial charge in [-0.2, -0.15) is 0 Å². The van der Waals surface area contributed by atoms with Gasteiger partial charge in [0.05, 0.1) is 29.2 Å². The van der Waals surface area contributed by atoms with Gasteiger partial charge in [-0.3, -0.25) is 14.4 Å². The topological polar surface area (TPSA) is 84.4 Å². The molecule has 4 aliphatic rings. The van der Waals surface area contributed by atoms with Crippen LogP contribution in [0.4, 0.5) is 11.4 Å². The van der Waals surface area contributed by atoms with Crippen molar-refractivity contribution in [1.82, 2.24) is 9.80 Å². The number of anilines is 2. The summed E-state index contributed by atoms with van der Waals surface area (Å²) in [5, 5.41) is 10.6. The maximum atomic E-state index is 15.0. The van der Waals surface area contributed by atoms with Gasteiger partial charge >= 0.3 is 0 Å². The number of hydrogen-bond donors (Lipinski definition) is 1. The lowest BCUT2D eigenvalue weighted by Gasteiger charge is -2.38. The molecule has 8 nitrogen and oxygen atoms in total. The van der Waals surface area contributed by atoms with E-state index in [1.807, 2.05) is 108 Å². The number of aliphatic hydroxyl groups excluding tert-OH is 1. The standard InChI is InChI=1S/C39H42N4O4S/c1-3-40(4-2)29-18-20-30(21-19-29)42-24-12-22-39-34(37(46)43(35(39)38(42)47)31(26-44)28-15-9-6-10-16-28)33-32(48-39)17-11-23-41(36(33)45)25-27-13-7-5-8-14-27/h5-22,31-35,44H,3-4,23-26H2,1-2H3/t31-,32+,33-,34+,35?,39+/m1/s1. The second kappa shape index (κ2) is 13.3. The fourth-order valence-electron chi connectivity index (χ4n) is 8.10. The molecule has 1 N–H and O–H groups in total. The van der Waals surface area contributed by atoms with Crippen LogP contribution in [-0.4, -0.2) is 81.5 Å². The first-order chi connectivity index (χ1) is 23.4. The van der Waals surface area contributed by atoms with E-state index in [1.54, 1.807) is 21.6 Å². The van der Waals surface area contributed by atoms with E-state index >= 15 is 4.79 Å². The Kier molecular flexibility index (Phi) is 8.92. The number of fused-ring (bicyclic) bond motifs is 2. The summed E-state index contributed by atoms with van der Waals surface area (Å²) < 4.78 is -0.989. The van der Waals surface area contributed by atoms with Crippen molar-refractivity contribution in [3.05, 3.63) is 120 Å². The van der Waals surface area contributed by atoms with Crippen molar-refractivity contribution in [1.29, 1.82) is 0 Å². The highest BCUT2D eigenvalue weighted by Gasteiger charge is 2.72. The predicted octanol–water partition coefficient (Wildman–Crippen LogP) is 5.07. The highest BCUT2D eigenvalue weighted by atomic mass is 32.2. The molecule has 4 aliphatic heterocycles. The number of benzene rings is 3. The second-order valence-electron chi connectivity index (χ2n) is 12.9. The molecule has 48 heavy (non-hydrogen) atoms. The molecule has 0 bridgehead atoms. The number of thioether (sulfide) groups is 1. The average Bonchev–Trinajstić information content (AvgIpc) is 3.44. The summed E-state index contributed by atoms with van der Waals surface area (Å²) in [6.07, 6.45) is 8.11. The molecule has 3 amide bonds. The van der Waals surface area contributed by atoms with Gasteiger partial charge in [0.15, 0.2) is 0 Å². The third-order valence-electron chi connectivity index (χ3n) is 10.4. The molecular formula is C39H42N4O4S. The third kappa shape index (κ3) is 5.33. The number of rotatable bonds is 9. The van der Waals surface area contributed by atoms with Crippen LogP contribution in [0.5, 0.6) is 0 Å². The van der Waals surface area contributed by atoms with Crippen molar-refractivity contribution >= 4 is 40.9 Å². The normalized spacial score (nSPS) is 27.0. The van der Waals surface area contributed by atoms with E-state index in [4.69, 9.17) is 0 Å². The van der Waals surface area contributed by atoms with Crippen LogP contribution >= 0.6 is 11.8 Å². The quantitative estimate of drug-likeness (QED) is 0.323. The van der Waals surface area contributed by atoms with Crippen molar-refractivity contribution in [3.8, 4) is 0 Å². The number of nitrogens with zero attached hydrogens (tertiary/aromatic N) is 4. The van der Waals surface area contributed by atoms with E-state index in [0.717, 1.165) is 35.6 Å². The van der Waals surface area contributed by atoms with Crippen LogP contribution < -0.4 is 9.80 Å². The molecule has 1 unspecified atom stereocenters. The largest absolute Gasteiger partial charge is 0.394 e. The highest BCUT2D eigenvalue weighted by molar-refractivity contribution is 8.02. The van der Waals surface area contributed by atoms with E-state index in [0.29, 0.717) is 19.6 Å². The van der Waals surface area contributed by atoms with Crippen molar-refractivity contribution < 1.29 is 19.5 Å². The van der Waals surface area contributed by atoms with Crippen molar-refractivity contribution in [2.45, 2.75) is 42.5 Å². The Balaban J connectivity index is 1.31. The van der Waals surface area contributed by atoms with E-state index in [1.165, 1.54) is 0 Å². The number of carbonyl (C=O) groups excluding carboxylic acids is 3. The number of likely N-dealkylation sites (tertiary alicyclic amines) is 1. The zero-order chi connectivity index (χ0) is 33.4. The smallest absolute Gasteiger partial charge is 0.251 e. The molecule has 1 spiro atoms. The molecule has 3 aromatic carbocycles. The first-order valence-corrected chi connectivity index (χ1v) is 17.8. The zero-order valence-corrected chi connectivity index (χ0v) is 28.2. The fourth-order valence-corrected chi connectivity index (χ4v) is 10.1. The maximum absolute atomic E-state index is 15.0. The van der Waals surface area contributed by atoms with Gasteiger partial charge < -0.3 is 24.7 Å². The van der Waals surface area contributed by atoms with Crippen LogP contribution in [0.15, 0.2) is 109 Å².